The highest BCUT2D eigenvalue weighted by atomic mass is 32.1. The van der Waals surface area contributed by atoms with Crippen molar-refractivity contribution in [2.75, 3.05) is 44.3 Å². The molecule has 0 unspecified atom stereocenters. The maximum atomic E-state index is 13.3. The normalized spacial score (nSPS) is 19.8. The third-order valence-electron chi connectivity index (χ3n) is 5.21. The van der Waals surface area contributed by atoms with E-state index in [2.05, 4.69) is 28.1 Å². The molecule has 0 aliphatic carbocycles. The summed E-state index contributed by atoms with van der Waals surface area (Å²) in [5, 5.41) is 0.891. The van der Waals surface area contributed by atoms with Gasteiger partial charge in [-0.05, 0) is 32.6 Å². The predicted molar refractivity (Wildman–Crippen MR) is 104 cm³/mol. The van der Waals surface area contributed by atoms with E-state index in [4.69, 9.17) is 4.74 Å². The van der Waals surface area contributed by atoms with Crippen molar-refractivity contribution in [1.82, 2.24) is 19.2 Å². The Morgan fingerprint density at radius 3 is 2.52 bits per heavy atom. The lowest BCUT2D eigenvalue weighted by molar-refractivity contribution is -0.134. The van der Waals surface area contributed by atoms with Crippen molar-refractivity contribution in [3.8, 4) is 0 Å². The number of carbonyl (C=O) groups is 2. The first-order valence-corrected chi connectivity index (χ1v) is 10.4. The Bertz CT molecular complexity index is 684. The number of amides is 3. The molecular weight excluding hydrogens is 366 g/mol. The number of aryl methyl sites for hydroxylation is 1. The van der Waals surface area contributed by atoms with E-state index in [-0.39, 0.29) is 11.9 Å². The van der Waals surface area contributed by atoms with Gasteiger partial charge in [0.2, 0.25) is 5.13 Å². The van der Waals surface area contributed by atoms with Gasteiger partial charge in [0.05, 0.1) is 13.2 Å². The Labute approximate surface area is 164 Å². The van der Waals surface area contributed by atoms with E-state index in [1.165, 1.54) is 16.4 Å². The highest BCUT2D eigenvalue weighted by Crippen LogP contribution is 2.39. The average Bonchev–Trinajstić information content (AvgIpc) is 3.14. The molecule has 0 saturated carbocycles. The average molecular weight is 396 g/mol. The van der Waals surface area contributed by atoms with Crippen molar-refractivity contribution in [3.63, 3.8) is 0 Å². The minimum absolute atomic E-state index is 0.0686. The lowest BCUT2D eigenvalue weighted by Crippen LogP contribution is -2.57. The lowest BCUT2D eigenvalue weighted by atomic mass is 9.85. The van der Waals surface area contributed by atoms with Gasteiger partial charge < -0.3 is 14.5 Å². The van der Waals surface area contributed by atoms with Gasteiger partial charge in [0.25, 0.3) is 5.91 Å². The largest absolute Gasteiger partial charge is 0.380 e. The van der Waals surface area contributed by atoms with Gasteiger partial charge in [-0.1, -0.05) is 13.8 Å². The van der Waals surface area contributed by atoms with Gasteiger partial charge in [0.15, 0.2) is 0 Å². The second-order valence-electron chi connectivity index (χ2n) is 7.58. The standard InChI is InChI=1S/C18H29N5O3S/c1-5-26-11-10-22-15(24)18(23(17(22)25)12-13(2)3)6-8-21(9-7-18)16-19-14(4)20-27-16/h13H,5-12H2,1-4H3. The zero-order valence-corrected chi connectivity index (χ0v) is 17.4. The number of anilines is 1. The van der Waals surface area contributed by atoms with Gasteiger partial charge in [-0.2, -0.15) is 4.37 Å². The van der Waals surface area contributed by atoms with Crippen LogP contribution in [-0.4, -0.2) is 76.0 Å². The van der Waals surface area contributed by atoms with Gasteiger partial charge in [0.1, 0.15) is 11.4 Å². The van der Waals surface area contributed by atoms with Crippen LogP contribution in [0.2, 0.25) is 0 Å². The molecule has 1 aromatic rings. The molecular formula is C18H29N5O3S. The molecule has 0 N–H and O–H groups in total. The summed E-state index contributed by atoms with van der Waals surface area (Å²) in [6, 6.07) is -0.173. The molecule has 0 aromatic carbocycles. The van der Waals surface area contributed by atoms with Gasteiger partial charge in [-0.3, -0.25) is 9.69 Å². The van der Waals surface area contributed by atoms with Crippen molar-refractivity contribution in [2.45, 2.75) is 46.1 Å². The first-order valence-electron chi connectivity index (χ1n) is 9.65. The van der Waals surface area contributed by atoms with Crippen LogP contribution in [0.4, 0.5) is 9.93 Å². The zero-order chi connectivity index (χ0) is 19.6. The second-order valence-corrected chi connectivity index (χ2v) is 8.31. The maximum absolute atomic E-state index is 13.3. The molecule has 0 atom stereocenters. The minimum Gasteiger partial charge on any atom is -0.380 e. The fourth-order valence-electron chi connectivity index (χ4n) is 3.86. The quantitative estimate of drug-likeness (QED) is 0.520. The van der Waals surface area contributed by atoms with Crippen LogP contribution in [0.5, 0.6) is 0 Å². The number of nitrogens with zero attached hydrogens (tertiary/aromatic N) is 5. The molecule has 3 heterocycles. The number of ether oxygens (including phenoxy) is 1. The first-order chi connectivity index (χ1) is 12.9. The zero-order valence-electron chi connectivity index (χ0n) is 16.6. The first kappa shape index (κ1) is 20.0. The van der Waals surface area contributed by atoms with E-state index in [1.54, 1.807) is 0 Å². The highest BCUT2D eigenvalue weighted by Gasteiger charge is 2.57. The van der Waals surface area contributed by atoms with Crippen LogP contribution in [0.15, 0.2) is 0 Å². The van der Waals surface area contributed by atoms with E-state index >= 15 is 0 Å². The molecule has 0 bridgehead atoms. The summed E-state index contributed by atoms with van der Waals surface area (Å²) >= 11 is 1.39. The van der Waals surface area contributed by atoms with E-state index in [0.717, 1.165) is 11.0 Å². The van der Waals surface area contributed by atoms with Gasteiger partial charge in [0, 0.05) is 37.8 Å². The van der Waals surface area contributed by atoms with Crippen LogP contribution in [-0.2, 0) is 9.53 Å². The van der Waals surface area contributed by atoms with Crippen LogP contribution in [0.3, 0.4) is 0 Å². The van der Waals surface area contributed by atoms with Gasteiger partial charge in [-0.25, -0.2) is 9.78 Å². The lowest BCUT2D eigenvalue weighted by Gasteiger charge is -2.42. The molecule has 3 amide bonds. The summed E-state index contributed by atoms with van der Waals surface area (Å²) in [4.78, 5) is 36.1. The minimum atomic E-state index is -0.732. The fourth-order valence-corrected chi connectivity index (χ4v) is 4.59. The van der Waals surface area contributed by atoms with Gasteiger partial charge in [-0.15, -0.1) is 0 Å². The van der Waals surface area contributed by atoms with E-state index in [1.807, 2.05) is 18.7 Å². The van der Waals surface area contributed by atoms with Crippen molar-refractivity contribution < 1.29 is 14.3 Å². The van der Waals surface area contributed by atoms with Crippen LogP contribution in [0.25, 0.3) is 0 Å². The third-order valence-corrected chi connectivity index (χ3v) is 6.08. The summed E-state index contributed by atoms with van der Waals surface area (Å²) in [6.45, 7) is 11.2. The number of hydrogen-bond donors (Lipinski definition) is 0. The van der Waals surface area contributed by atoms with Crippen molar-refractivity contribution >= 4 is 28.6 Å². The van der Waals surface area contributed by atoms with Crippen LogP contribution in [0, 0.1) is 12.8 Å². The molecule has 1 spiro atoms. The molecule has 150 valence electrons. The second kappa shape index (κ2) is 8.10. The molecule has 1 aromatic heterocycles. The Balaban J connectivity index is 1.78. The fraction of sp³-hybridized carbons (Fsp3) is 0.778. The van der Waals surface area contributed by atoms with E-state index in [9.17, 15) is 9.59 Å². The smallest absolute Gasteiger partial charge is 0.327 e. The number of imide groups is 1. The van der Waals surface area contributed by atoms with Crippen LogP contribution in [0.1, 0.15) is 39.4 Å². The van der Waals surface area contributed by atoms with Crippen molar-refractivity contribution in [2.24, 2.45) is 5.92 Å². The van der Waals surface area contributed by atoms with E-state index < -0.39 is 5.54 Å². The number of hydrogen-bond acceptors (Lipinski definition) is 7. The summed E-state index contributed by atoms with van der Waals surface area (Å²) in [5.74, 6) is 1.00. The molecule has 27 heavy (non-hydrogen) atoms. The van der Waals surface area contributed by atoms with Crippen molar-refractivity contribution in [3.05, 3.63) is 5.82 Å². The molecule has 0 radical (unpaired) electrons. The Hall–Kier alpha value is -1.74. The maximum Gasteiger partial charge on any atom is 0.327 e. The SMILES string of the molecule is CCOCCN1C(=O)N(CC(C)C)C2(CCN(c3nc(C)ns3)CC2)C1=O. The summed E-state index contributed by atoms with van der Waals surface area (Å²) < 4.78 is 9.63. The molecule has 9 heteroatoms. The molecule has 2 aliphatic heterocycles. The highest BCUT2D eigenvalue weighted by molar-refractivity contribution is 7.09. The molecule has 2 fully saturated rings. The monoisotopic (exact) mass is 395 g/mol. The van der Waals surface area contributed by atoms with Crippen molar-refractivity contribution in [1.29, 1.82) is 0 Å². The molecule has 8 nitrogen and oxygen atoms in total. The number of urea groups is 1. The van der Waals surface area contributed by atoms with Gasteiger partial charge >= 0.3 is 6.03 Å². The van der Waals surface area contributed by atoms with E-state index in [0.29, 0.717) is 58.2 Å². The molecule has 2 saturated heterocycles. The summed E-state index contributed by atoms with van der Waals surface area (Å²) in [7, 11) is 0. The number of carbonyl (C=O) groups excluding carboxylic acids is 2. The topological polar surface area (TPSA) is 78.9 Å². The Morgan fingerprint density at radius 2 is 1.96 bits per heavy atom. The summed E-state index contributed by atoms with van der Waals surface area (Å²) in [6.07, 6.45) is 1.24. The Kier molecular flexibility index (Phi) is 6.00. The number of rotatable bonds is 7. The summed E-state index contributed by atoms with van der Waals surface area (Å²) in [5.41, 5.74) is -0.732. The number of aromatic nitrogens is 2. The molecule has 2 aliphatic rings. The molecule has 3 rings (SSSR count). The van der Waals surface area contributed by atoms with Crippen LogP contribution >= 0.6 is 11.5 Å². The predicted octanol–water partition coefficient (Wildman–Crippen LogP) is 2.14. The van der Waals surface area contributed by atoms with Crippen LogP contribution < -0.4 is 4.90 Å². The third kappa shape index (κ3) is 3.80. The Morgan fingerprint density at radius 1 is 1.26 bits per heavy atom. The number of piperidine rings is 1.